The van der Waals surface area contributed by atoms with Gasteiger partial charge < -0.3 is 14.9 Å². The summed E-state index contributed by atoms with van der Waals surface area (Å²) in [6.45, 7) is 3.49. The highest BCUT2D eigenvalue weighted by molar-refractivity contribution is 5.90. The molecule has 122 valence electrons. The number of amides is 1. The van der Waals surface area contributed by atoms with Gasteiger partial charge in [-0.3, -0.25) is 9.69 Å². The molecule has 1 aliphatic heterocycles. The first-order chi connectivity index (χ1) is 10.6. The summed E-state index contributed by atoms with van der Waals surface area (Å²) >= 11 is 0. The summed E-state index contributed by atoms with van der Waals surface area (Å²) in [6, 6.07) is 0.438. The van der Waals surface area contributed by atoms with Crippen LogP contribution in [0.15, 0.2) is 4.52 Å². The van der Waals surface area contributed by atoms with Crippen LogP contribution in [-0.2, 0) is 0 Å². The van der Waals surface area contributed by atoms with Gasteiger partial charge in [-0.15, -0.1) is 0 Å². The molecule has 2 aliphatic rings. The Kier molecular flexibility index (Phi) is 4.73. The minimum atomic E-state index is -0.270. The maximum absolute atomic E-state index is 12.0. The molecule has 2 atom stereocenters. The van der Waals surface area contributed by atoms with E-state index in [2.05, 4.69) is 20.4 Å². The fourth-order valence-electron chi connectivity index (χ4n) is 3.53. The number of hydrogen-bond donors (Lipinski definition) is 2. The molecule has 0 spiro atoms. The normalized spacial score (nSPS) is 27.7. The molecule has 1 aliphatic carbocycles. The van der Waals surface area contributed by atoms with Crippen LogP contribution in [0.4, 0.5) is 0 Å². The van der Waals surface area contributed by atoms with Crippen LogP contribution in [-0.4, -0.2) is 57.3 Å². The van der Waals surface area contributed by atoms with Crippen molar-refractivity contribution in [2.24, 2.45) is 0 Å². The number of rotatable bonds is 3. The van der Waals surface area contributed by atoms with Crippen LogP contribution < -0.4 is 5.32 Å². The van der Waals surface area contributed by atoms with Crippen molar-refractivity contribution < 1.29 is 14.4 Å². The molecule has 1 saturated heterocycles. The number of nitrogens with one attached hydrogen (secondary N) is 1. The highest BCUT2D eigenvalue weighted by Crippen LogP contribution is 2.25. The van der Waals surface area contributed by atoms with E-state index in [1.165, 1.54) is 6.42 Å². The Bertz CT molecular complexity index is 511. The molecule has 22 heavy (non-hydrogen) atoms. The summed E-state index contributed by atoms with van der Waals surface area (Å²) in [5, 5.41) is 16.8. The number of aromatic nitrogens is 2. The average molecular weight is 308 g/mol. The average Bonchev–Trinajstić information content (AvgIpc) is 2.95. The number of aryl methyl sites for hydroxylation is 1. The summed E-state index contributed by atoms with van der Waals surface area (Å²) in [4.78, 5) is 18.3. The molecule has 7 nitrogen and oxygen atoms in total. The summed E-state index contributed by atoms with van der Waals surface area (Å²) in [5.41, 5.74) is 0. The summed E-state index contributed by atoms with van der Waals surface area (Å²) < 4.78 is 4.83. The molecular formula is C15H24N4O3. The molecule has 2 heterocycles. The Balaban J connectivity index is 1.48. The van der Waals surface area contributed by atoms with E-state index in [1.54, 1.807) is 6.92 Å². The van der Waals surface area contributed by atoms with Crippen LogP contribution in [0.1, 0.15) is 55.0 Å². The zero-order chi connectivity index (χ0) is 15.5. The van der Waals surface area contributed by atoms with Gasteiger partial charge in [-0.25, -0.2) is 0 Å². The Morgan fingerprint density at radius 2 is 2.00 bits per heavy atom. The third-order valence-electron chi connectivity index (χ3n) is 4.76. The SMILES string of the molecule is Cc1nc(C(=O)NC2CCN(C3CCCCC3O)CC2)no1. The summed E-state index contributed by atoms with van der Waals surface area (Å²) in [5.74, 6) is 0.224. The van der Waals surface area contributed by atoms with Crippen molar-refractivity contribution in [2.45, 2.75) is 63.6 Å². The van der Waals surface area contributed by atoms with Gasteiger partial charge in [0.25, 0.3) is 11.7 Å². The van der Waals surface area contributed by atoms with E-state index < -0.39 is 0 Å². The monoisotopic (exact) mass is 308 g/mol. The molecule has 1 aromatic heterocycles. The minimum Gasteiger partial charge on any atom is -0.391 e. The van der Waals surface area contributed by atoms with Gasteiger partial charge in [0.15, 0.2) is 0 Å². The number of nitrogens with zero attached hydrogens (tertiary/aromatic N) is 3. The van der Waals surface area contributed by atoms with Gasteiger partial charge in [-0.05, 0) is 25.7 Å². The van der Waals surface area contributed by atoms with Gasteiger partial charge in [0.1, 0.15) is 0 Å². The lowest BCUT2D eigenvalue weighted by Crippen LogP contribution is -2.52. The topological polar surface area (TPSA) is 91.5 Å². The Morgan fingerprint density at radius 1 is 1.27 bits per heavy atom. The molecule has 3 rings (SSSR count). The first-order valence-corrected chi connectivity index (χ1v) is 8.17. The van der Waals surface area contributed by atoms with E-state index in [0.29, 0.717) is 11.9 Å². The highest BCUT2D eigenvalue weighted by atomic mass is 16.5. The minimum absolute atomic E-state index is 0.0997. The second-order valence-corrected chi connectivity index (χ2v) is 6.34. The molecule has 0 aromatic carbocycles. The fourth-order valence-corrected chi connectivity index (χ4v) is 3.53. The van der Waals surface area contributed by atoms with Gasteiger partial charge in [-0.2, -0.15) is 4.98 Å². The predicted molar refractivity (Wildman–Crippen MR) is 79.4 cm³/mol. The summed E-state index contributed by atoms with van der Waals surface area (Å²) in [6.07, 6.45) is 5.93. The van der Waals surface area contributed by atoms with Gasteiger partial charge in [0, 0.05) is 32.1 Å². The first-order valence-electron chi connectivity index (χ1n) is 8.17. The zero-order valence-electron chi connectivity index (χ0n) is 13.0. The number of likely N-dealkylation sites (tertiary alicyclic amines) is 1. The van der Waals surface area contributed by atoms with Crippen LogP contribution in [0.25, 0.3) is 0 Å². The Labute approximate surface area is 130 Å². The molecule has 2 N–H and O–H groups in total. The molecule has 1 aromatic rings. The number of carbonyl (C=O) groups is 1. The number of hydrogen-bond acceptors (Lipinski definition) is 6. The van der Waals surface area contributed by atoms with Gasteiger partial charge in [-0.1, -0.05) is 18.0 Å². The van der Waals surface area contributed by atoms with Crippen LogP contribution in [0.2, 0.25) is 0 Å². The van der Waals surface area contributed by atoms with Crippen molar-refractivity contribution >= 4 is 5.91 Å². The van der Waals surface area contributed by atoms with E-state index in [-0.39, 0.29) is 23.9 Å². The molecular weight excluding hydrogens is 284 g/mol. The van der Waals surface area contributed by atoms with Gasteiger partial charge in [0.05, 0.1) is 6.10 Å². The van der Waals surface area contributed by atoms with E-state index in [4.69, 9.17) is 4.52 Å². The van der Waals surface area contributed by atoms with Crippen LogP contribution in [0.3, 0.4) is 0 Å². The molecule has 7 heteroatoms. The lowest BCUT2D eigenvalue weighted by Gasteiger charge is -2.41. The second kappa shape index (κ2) is 6.75. The number of aliphatic hydroxyl groups is 1. The van der Waals surface area contributed by atoms with Crippen molar-refractivity contribution in [3.63, 3.8) is 0 Å². The van der Waals surface area contributed by atoms with E-state index in [0.717, 1.165) is 45.2 Å². The van der Waals surface area contributed by atoms with Crippen molar-refractivity contribution in [3.05, 3.63) is 11.7 Å². The zero-order valence-corrected chi connectivity index (χ0v) is 13.0. The smallest absolute Gasteiger partial charge is 0.292 e. The lowest BCUT2D eigenvalue weighted by molar-refractivity contribution is 0.00724. The van der Waals surface area contributed by atoms with Crippen molar-refractivity contribution in [2.75, 3.05) is 13.1 Å². The van der Waals surface area contributed by atoms with Crippen molar-refractivity contribution in [1.82, 2.24) is 20.4 Å². The van der Waals surface area contributed by atoms with Crippen molar-refractivity contribution in [3.8, 4) is 0 Å². The first kappa shape index (κ1) is 15.4. The fraction of sp³-hybridized carbons (Fsp3) is 0.800. The summed E-state index contributed by atoms with van der Waals surface area (Å²) in [7, 11) is 0. The number of aliphatic hydroxyl groups excluding tert-OH is 1. The van der Waals surface area contributed by atoms with Crippen LogP contribution in [0, 0.1) is 6.92 Å². The lowest BCUT2D eigenvalue weighted by atomic mass is 9.89. The molecule has 0 bridgehead atoms. The van der Waals surface area contributed by atoms with Crippen molar-refractivity contribution in [1.29, 1.82) is 0 Å². The highest BCUT2D eigenvalue weighted by Gasteiger charge is 2.32. The molecule has 2 unspecified atom stereocenters. The van der Waals surface area contributed by atoms with E-state index in [1.807, 2.05) is 0 Å². The Morgan fingerprint density at radius 3 is 2.64 bits per heavy atom. The van der Waals surface area contributed by atoms with Crippen LogP contribution in [0.5, 0.6) is 0 Å². The molecule has 0 radical (unpaired) electrons. The second-order valence-electron chi connectivity index (χ2n) is 6.34. The number of carbonyl (C=O) groups excluding carboxylic acids is 1. The third-order valence-corrected chi connectivity index (χ3v) is 4.76. The molecule has 1 saturated carbocycles. The molecule has 1 amide bonds. The predicted octanol–water partition coefficient (Wildman–Crippen LogP) is 0.876. The van der Waals surface area contributed by atoms with E-state index in [9.17, 15) is 9.90 Å². The number of piperidine rings is 1. The van der Waals surface area contributed by atoms with Crippen LogP contribution >= 0.6 is 0 Å². The maximum Gasteiger partial charge on any atom is 0.292 e. The third kappa shape index (κ3) is 3.47. The van der Waals surface area contributed by atoms with E-state index >= 15 is 0 Å². The largest absolute Gasteiger partial charge is 0.391 e. The quantitative estimate of drug-likeness (QED) is 0.861. The Hall–Kier alpha value is -1.47. The maximum atomic E-state index is 12.0. The van der Waals surface area contributed by atoms with Gasteiger partial charge in [0.2, 0.25) is 5.89 Å². The molecule has 2 fully saturated rings. The van der Waals surface area contributed by atoms with Gasteiger partial charge >= 0.3 is 0 Å². The standard InChI is InChI=1S/C15H24N4O3/c1-10-16-14(18-22-10)15(21)17-11-6-8-19(9-7-11)12-4-2-3-5-13(12)20/h11-13,20H,2-9H2,1H3,(H,17,21).